The van der Waals surface area contributed by atoms with Crippen molar-refractivity contribution in [2.75, 3.05) is 39.5 Å². The van der Waals surface area contributed by atoms with E-state index in [0.717, 1.165) is 44.6 Å². The van der Waals surface area contributed by atoms with Gasteiger partial charge in [-0.25, -0.2) is 0 Å². The Morgan fingerprint density at radius 2 is 2.24 bits per heavy atom. The van der Waals surface area contributed by atoms with Crippen molar-refractivity contribution in [1.29, 1.82) is 0 Å². The number of carbonyl (C=O) groups is 1. The lowest BCUT2D eigenvalue weighted by atomic mass is 9.83. The van der Waals surface area contributed by atoms with E-state index < -0.39 is 0 Å². The van der Waals surface area contributed by atoms with Crippen LogP contribution in [0.2, 0.25) is 0 Å². The summed E-state index contributed by atoms with van der Waals surface area (Å²) in [7, 11) is 0. The summed E-state index contributed by atoms with van der Waals surface area (Å²) in [5.41, 5.74) is 1.25. The summed E-state index contributed by atoms with van der Waals surface area (Å²) < 4.78 is 17.4. The standard InChI is InChI=1S/C18H29N3O4/c1-3-23-10-11-24-15-4-9-25-18(13-15)5-7-21(8-6-18)17(22)16-12-14(2)19-20-16/h12,15H,3-11,13H2,1-2H3,(H,19,20). The molecule has 2 aliphatic heterocycles. The molecule has 0 radical (unpaired) electrons. The zero-order chi connectivity index (χ0) is 17.7. The lowest BCUT2D eigenvalue weighted by molar-refractivity contribution is -0.155. The molecule has 1 aromatic heterocycles. The Hall–Kier alpha value is -1.44. The first kappa shape index (κ1) is 18.4. The average Bonchev–Trinajstić information content (AvgIpc) is 3.06. The molecule has 1 unspecified atom stereocenters. The second kappa shape index (κ2) is 8.29. The number of carbonyl (C=O) groups excluding carboxylic acids is 1. The minimum atomic E-state index is -0.146. The van der Waals surface area contributed by atoms with Gasteiger partial charge in [0.2, 0.25) is 0 Å². The van der Waals surface area contributed by atoms with Crippen molar-refractivity contribution in [1.82, 2.24) is 15.1 Å². The van der Waals surface area contributed by atoms with Gasteiger partial charge in [-0.05, 0) is 39.2 Å². The Labute approximate surface area is 149 Å². The average molecular weight is 351 g/mol. The molecule has 7 heteroatoms. The smallest absolute Gasteiger partial charge is 0.274 e. The number of hydrogen-bond acceptors (Lipinski definition) is 5. The number of aromatic amines is 1. The molecule has 3 rings (SSSR count). The van der Waals surface area contributed by atoms with E-state index in [-0.39, 0.29) is 17.6 Å². The highest BCUT2D eigenvalue weighted by molar-refractivity contribution is 5.92. The van der Waals surface area contributed by atoms with Crippen molar-refractivity contribution in [2.45, 2.75) is 51.2 Å². The fraction of sp³-hybridized carbons (Fsp3) is 0.778. The normalized spacial score (nSPS) is 23.1. The van der Waals surface area contributed by atoms with Crippen LogP contribution in [0.5, 0.6) is 0 Å². The van der Waals surface area contributed by atoms with E-state index in [1.165, 1.54) is 0 Å². The number of likely N-dealkylation sites (tertiary alicyclic amines) is 1. The van der Waals surface area contributed by atoms with E-state index in [1.54, 1.807) is 6.07 Å². The molecule has 140 valence electrons. The SMILES string of the molecule is CCOCCOC1CCOC2(CCN(C(=O)c3cc(C)[nH]n3)CC2)C1. The number of H-pyrrole nitrogens is 1. The Bertz CT molecular complexity index is 566. The van der Waals surface area contributed by atoms with Gasteiger partial charge < -0.3 is 19.1 Å². The molecular weight excluding hydrogens is 322 g/mol. The van der Waals surface area contributed by atoms with Gasteiger partial charge >= 0.3 is 0 Å². The minimum Gasteiger partial charge on any atom is -0.379 e. The summed E-state index contributed by atoms with van der Waals surface area (Å²) in [6.45, 7) is 8.03. The second-order valence-corrected chi connectivity index (χ2v) is 6.94. The minimum absolute atomic E-state index is 0.000441. The molecule has 1 spiro atoms. The van der Waals surface area contributed by atoms with E-state index in [9.17, 15) is 4.79 Å². The third-order valence-corrected chi connectivity index (χ3v) is 5.12. The van der Waals surface area contributed by atoms with Crippen LogP contribution < -0.4 is 0 Å². The number of nitrogens with zero attached hydrogens (tertiary/aromatic N) is 2. The fourth-order valence-corrected chi connectivity index (χ4v) is 3.70. The molecule has 0 aromatic carbocycles. The van der Waals surface area contributed by atoms with Crippen LogP contribution >= 0.6 is 0 Å². The molecule has 7 nitrogen and oxygen atoms in total. The number of rotatable bonds is 6. The first-order chi connectivity index (χ1) is 12.1. The predicted octanol–water partition coefficient (Wildman–Crippen LogP) is 1.93. The Balaban J connectivity index is 1.49. The van der Waals surface area contributed by atoms with Crippen molar-refractivity contribution in [2.24, 2.45) is 0 Å². The lowest BCUT2D eigenvalue weighted by Gasteiger charge is -2.46. The molecule has 1 N–H and O–H groups in total. The predicted molar refractivity (Wildman–Crippen MR) is 92.6 cm³/mol. The lowest BCUT2D eigenvalue weighted by Crippen LogP contribution is -2.52. The van der Waals surface area contributed by atoms with Gasteiger partial charge in [-0.2, -0.15) is 5.10 Å². The number of piperidine rings is 1. The van der Waals surface area contributed by atoms with Gasteiger partial charge in [-0.3, -0.25) is 9.89 Å². The Morgan fingerprint density at radius 3 is 2.92 bits per heavy atom. The zero-order valence-electron chi connectivity index (χ0n) is 15.3. The van der Waals surface area contributed by atoms with Gasteiger partial charge in [-0.1, -0.05) is 0 Å². The van der Waals surface area contributed by atoms with Crippen molar-refractivity contribution >= 4 is 5.91 Å². The first-order valence-corrected chi connectivity index (χ1v) is 9.26. The van der Waals surface area contributed by atoms with Gasteiger partial charge in [0.15, 0.2) is 0 Å². The van der Waals surface area contributed by atoms with Crippen molar-refractivity contribution in [3.8, 4) is 0 Å². The summed E-state index contributed by atoms with van der Waals surface area (Å²) >= 11 is 0. The monoisotopic (exact) mass is 351 g/mol. The molecule has 3 heterocycles. The van der Waals surface area contributed by atoms with Crippen LogP contribution in [-0.4, -0.2) is 72.2 Å². The first-order valence-electron chi connectivity index (χ1n) is 9.26. The Kier molecular flexibility index (Phi) is 6.09. The summed E-state index contributed by atoms with van der Waals surface area (Å²) in [6, 6.07) is 1.80. The van der Waals surface area contributed by atoms with Crippen molar-refractivity contribution < 1.29 is 19.0 Å². The molecule has 0 saturated carbocycles. The van der Waals surface area contributed by atoms with E-state index in [1.807, 2.05) is 18.7 Å². The molecule has 2 fully saturated rings. The number of aryl methyl sites for hydroxylation is 1. The van der Waals surface area contributed by atoms with Gasteiger partial charge in [0.05, 0.1) is 24.9 Å². The number of hydrogen-bond donors (Lipinski definition) is 1. The topological polar surface area (TPSA) is 76.7 Å². The van der Waals surface area contributed by atoms with Crippen LogP contribution in [0.1, 0.15) is 48.8 Å². The van der Waals surface area contributed by atoms with E-state index >= 15 is 0 Å². The van der Waals surface area contributed by atoms with Gasteiger partial charge in [0.25, 0.3) is 5.91 Å². The third kappa shape index (κ3) is 4.59. The molecular formula is C18H29N3O4. The summed E-state index contributed by atoms with van der Waals surface area (Å²) in [5.74, 6) is -0.000441. The van der Waals surface area contributed by atoms with Crippen molar-refractivity contribution in [3.63, 3.8) is 0 Å². The molecule has 1 amide bonds. The maximum absolute atomic E-state index is 12.5. The fourth-order valence-electron chi connectivity index (χ4n) is 3.70. The Morgan fingerprint density at radius 1 is 1.44 bits per heavy atom. The number of amides is 1. The molecule has 1 atom stereocenters. The molecule has 0 bridgehead atoms. The number of nitrogens with one attached hydrogen (secondary N) is 1. The van der Waals surface area contributed by atoms with Gasteiger partial charge in [0.1, 0.15) is 5.69 Å². The molecule has 25 heavy (non-hydrogen) atoms. The van der Waals surface area contributed by atoms with Crippen LogP contribution in [0.3, 0.4) is 0 Å². The van der Waals surface area contributed by atoms with Gasteiger partial charge in [0, 0.05) is 38.4 Å². The van der Waals surface area contributed by atoms with E-state index in [0.29, 0.717) is 32.0 Å². The van der Waals surface area contributed by atoms with Crippen molar-refractivity contribution in [3.05, 3.63) is 17.5 Å². The highest BCUT2D eigenvalue weighted by Gasteiger charge is 2.41. The quantitative estimate of drug-likeness (QED) is 0.793. The van der Waals surface area contributed by atoms with Crippen LogP contribution in [0.4, 0.5) is 0 Å². The van der Waals surface area contributed by atoms with Crippen LogP contribution in [0.25, 0.3) is 0 Å². The number of ether oxygens (including phenoxy) is 3. The summed E-state index contributed by atoms with van der Waals surface area (Å²) in [5, 5.41) is 6.91. The van der Waals surface area contributed by atoms with Crippen LogP contribution in [-0.2, 0) is 14.2 Å². The maximum atomic E-state index is 12.5. The van der Waals surface area contributed by atoms with Crippen LogP contribution in [0.15, 0.2) is 6.07 Å². The summed E-state index contributed by atoms with van der Waals surface area (Å²) in [4.78, 5) is 14.4. The molecule has 1 aromatic rings. The second-order valence-electron chi connectivity index (χ2n) is 6.94. The highest BCUT2D eigenvalue weighted by atomic mass is 16.5. The van der Waals surface area contributed by atoms with E-state index in [4.69, 9.17) is 14.2 Å². The molecule has 2 saturated heterocycles. The molecule has 0 aliphatic carbocycles. The highest BCUT2D eigenvalue weighted by Crippen LogP contribution is 2.36. The third-order valence-electron chi connectivity index (χ3n) is 5.12. The van der Waals surface area contributed by atoms with E-state index in [2.05, 4.69) is 10.2 Å². The largest absolute Gasteiger partial charge is 0.379 e. The maximum Gasteiger partial charge on any atom is 0.274 e. The zero-order valence-corrected chi connectivity index (χ0v) is 15.3. The van der Waals surface area contributed by atoms with Crippen LogP contribution in [0, 0.1) is 6.92 Å². The molecule has 2 aliphatic rings. The summed E-state index contributed by atoms with van der Waals surface area (Å²) in [6.07, 6.45) is 3.78. The van der Waals surface area contributed by atoms with Gasteiger partial charge in [-0.15, -0.1) is 0 Å². The number of aromatic nitrogens is 2.